The Hall–Kier alpha value is -2.54. The van der Waals surface area contributed by atoms with Crippen molar-refractivity contribution in [3.8, 4) is 16.9 Å². The molecule has 0 aromatic heterocycles. The SMILES string of the molecule is CCCCCC(c1ccccc1)c1ccc(O)c(-c2ccccc2)c1. The molecule has 25 heavy (non-hydrogen) atoms. The van der Waals surface area contributed by atoms with Crippen LogP contribution in [-0.4, -0.2) is 5.11 Å². The van der Waals surface area contributed by atoms with Crippen LogP contribution in [-0.2, 0) is 0 Å². The number of phenolic OH excluding ortho intramolecular Hbond substituents is 1. The summed E-state index contributed by atoms with van der Waals surface area (Å²) in [6.45, 7) is 2.24. The Bertz CT molecular complexity index is 778. The van der Waals surface area contributed by atoms with Crippen molar-refractivity contribution in [2.24, 2.45) is 0 Å². The molecule has 0 aliphatic heterocycles. The van der Waals surface area contributed by atoms with Crippen LogP contribution in [0.25, 0.3) is 11.1 Å². The molecule has 128 valence electrons. The maximum atomic E-state index is 10.4. The van der Waals surface area contributed by atoms with Crippen LogP contribution in [0, 0.1) is 0 Å². The largest absolute Gasteiger partial charge is 0.507 e. The standard InChI is InChI=1S/C24H26O/c1-2-3-6-15-22(19-11-7-4-8-12-19)21-16-17-24(25)23(18-21)20-13-9-5-10-14-20/h4-5,7-14,16-18,22,25H,2-3,6,15H2,1H3. The molecule has 0 heterocycles. The van der Waals surface area contributed by atoms with E-state index in [0.717, 1.165) is 17.5 Å². The van der Waals surface area contributed by atoms with Crippen molar-refractivity contribution < 1.29 is 5.11 Å². The zero-order valence-electron chi connectivity index (χ0n) is 14.9. The van der Waals surface area contributed by atoms with E-state index < -0.39 is 0 Å². The first-order valence-corrected chi connectivity index (χ1v) is 9.23. The first-order chi connectivity index (χ1) is 12.3. The van der Waals surface area contributed by atoms with Crippen LogP contribution in [0.2, 0.25) is 0 Å². The molecule has 0 bridgehead atoms. The van der Waals surface area contributed by atoms with Gasteiger partial charge in [-0.25, -0.2) is 0 Å². The van der Waals surface area contributed by atoms with Gasteiger partial charge < -0.3 is 5.11 Å². The van der Waals surface area contributed by atoms with E-state index in [1.807, 2.05) is 36.4 Å². The number of phenols is 1. The lowest BCUT2D eigenvalue weighted by atomic mass is 9.85. The normalized spacial score (nSPS) is 12.0. The second-order valence-electron chi connectivity index (χ2n) is 6.60. The van der Waals surface area contributed by atoms with E-state index in [2.05, 4.69) is 49.4 Å². The van der Waals surface area contributed by atoms with E-state index >= 15 is 0 Å². The maximum Gasteiger partial charge on any atom is 0.123 e. The summed E-state index contributed by atoms with van der Waals surface area (Å²) >= 11 is 0. The number of hydrogen-bond acceptors (Lipinski definition) is 1. The number of aromatic hydroxyl groups is 1. The molecule has 3 rings (SSSR count). The molecule has 3 aromatic rings. The van der Waals surface area contributed by atoms with E-state index in [0.29, 0.717) is 11.7 Å². The summed E-state index contributed by atoms with van der Waals surface area (Å²) in [6.07, 6.45) is 4.84. The Kier molecular flexibility index (Phi) is 5.90. The lowest BCUT2D eigenvalue weighted by Gasteiger charge is -2.19. The third-order valence-corrected chi connectivity index (χ3v) is 4.81. The van der Waals surface area contributed by atoms with Crippen molar-refractivity contribution in [1.29, 1.82) is 0 Å². The predicted molar refractivity (Wildman–Crippen MR) is 106 cm³/mol. The summed E-state index contributed by atoms with van der Waals surface area (Å²) in [5, 5.41) is 10.4. The van der Waals surface area contributed by atoms with Gasteiger partial charge in [0, 0.05) is 11.5 Å². The third-order valence-electron chi connectivity index (χ3n) is 4.81. The Labute approximate surface area is 151 Å². The fraction of sp³-hybridized carbons (Fsp3) is 0.250. The number of rotatable bonds is 7. The molecule has 0 saturated heterocycles. The molecule has 1 unspecified atom stereocenters. The summed E-state index contributed by atoms with van der Waals surface area (Å²) in [5.41, 5.74) is 4.60. The Morgan fingerprint density at radius 2 is 1.44 bits per heavy atom. The van der Waals surface area contributed by atoms with E-state index in [-0.39, 0.29) is 0 Å². The molecule has 0 saturated carbocycles. The highest BCUT2D eigenvalue weighted by atomic mass is 16.3. The van der Waals surface area contributed by atoms with Gasteiger partial charge in [-0.15, -0.1) is 0 Å². The molecule has 1 nitrogen and oxygen atoms in total. The Morgan fingerprint density at radius 3 is 2.12 bits per heavy atom. The molecular weight excluding hydrogens is 304 g/mol. The molecule has 0 amide bonds. The summed E-state index contributed by atoms with van der Waals surface area (Å²) in [4.78, 5) is 0. The van der Waals surface area contributed by atoms with Gasteiger partial charge in [-0.05, 0) is 35.2 Å². The van der Waals surface area contributed by atoms with E-state index in [4.69, 9.17) is 0 Å². The van der Waals surface area contributed by atoms with Crippen LogP contribution in [0.3, 0.4) is 0 Å². The first kappa shape index (κ1) is 17.3. The second-order valence-corrected chi connectivity index (χ2v) is 6.60. The van der Waals surface area contributed by atoms with Crippen molar-refractivity contribution in [1.82, 2.24) is 0 Å². The fourth-order valence-electron chi connectivity index (χ4n) is 3.43. The summed E-state index contributed by atoms with van der Waals surface area (Å²) in [7, 11) is 0. The Balaban J connectivity index is 1.98. The number of unbranched alkanes of at least 4 members (excludes halogenated alkanes) is 2. The topological polar surface area (TPSA) is 20.2 Å². The fourth-order valence-corrected chi connectivity index (χ4v) is 3.43. The summed E-state index contributed by atoms with van der Waals surface area (Å²) in [6, 6.07) is 26.9. The summed E-state index contributed by atoms with van der Waals surface area (Å²) < 4.78 is 0. The van der Waals surface area contributed by atoms with Crippen molar-refractivity contribution in [2.45, 2.75) is 38.5 Å². The van der Waals surface area contributed by atoms with E-state index in [1.165, 1.54) is 30.4 Å². The van der Waals surface area contributed by atoms with Gasteiger partial charge in [0.25, 0.3) is 0 Å². The molecule has 0 spiro atoms. The van der Waals surface area contributed by atoms with Crippen LogP contribution < -0.4 is 0 Å². The van der Waals surface area contributed by atoms with E-state index in [1.54, 1.807) is 0 Å². The van der Waals surface area contributed by atoms with Crippen LogP contribution >= 0.6 is 0 Å². The van der Waals surface area contributed by atoms with Gasteiger partial charge in [-0.1, -0.05) is 92.9 Å². The highest BCUT2D eigenvalue weighted by Crippen LogP contribution is 2.36. The predicted octanol–water partition coefficient (Wildman–Crippen LogP) is 6.77. The van der Waals surface area contributed by atoms with Gasteiger partial charge in [0.1, 0.15) is 5.75 Å². The monoisotopic (exact) mass is 330 g/mol. The van der Waals surface area contributed by atoms with Crippen molar-refractivity contribution in [3.63, 3.8) is 0 Å². The Morgan fingerprint density at radius 1 is 0.760 bits per heavy atom. The van der Waals surface area contributed by atoms with Crippen LogP contribution in [0.1, 0.15) is 49.7 Å². The molecule has 0 fully saturated rings. The van der Waals surface area contributed by atoms with Crippen molar-refractivity contribution in [2.75, 3.05) is 0 Å². The minimum Gasteiger partial charge on any atom is -0.507 e. The van der Waals surface area contributed by atoms with Gasteiger partial charge in [-0.3, -0.25) is 0 Å². The van der Waals surface area contributed by atoms with Crippen LogP contribution in [0.4, 0.5) is 0 Å². The second kappa shape index (κ2) is 8.53. The van der Waals surface area contributed by atoms with Crippen molar-refractivity contribution in [3.05, 3.63) is 90.0 Å². The molecule has 1 heteroatoms. The highest BCUT2D eigenvalue weighted by Gasteiger charge is 2.16. The molecule has 0 aliphatic carbocycles. The number of hydrogen-bond donors (Lipinski definition) is 1. The molecule has 3 aromatic carbocycles. The molecule has 0 aliphatic rings. The zero-order valence-corrected chi connectivity index (χ0v) is 14.9. The lowest BCUT2D eigenvalue weighted by Crippen LogP contribution is -2.02. The van der Waals surface area contributed by atoms with Gasteiger partial charge in [0.15, 0.2) is 0 Å². The smallest absolute Gasteiger partial charge is 0.123 e. The maximum absolute atomic E-state index is 10.4. The average molecular weight is 330 g/mol. The quantitative estimate of drug-likeness (QED) is 0.474. The van der Waals surface area contributed by atoms with Crippen LogP contribution in [0.5, 0.6) is 5.75 Å². The molecule has 1 N–H and O–H groups in total. The molecule has 1 atom stereocenters. The zero-order chi connectivity index (χ0) is 17.5. The first-order valence-electron chi connectivity index (χ1n) is 9.23. The van der Waals surface area contributed by atoms with Gasteiger partial charge in [-0.2, -0.15) is 0 Å². The van der Waals surface area contributed by atoms with Gasteiger partial charge >= 0.3 is 0 Å². The van der Waals surface area contributed by atoms with Crippen LogP contribution in [0.15, 0.2) is 78.9 Å². The van der Waals surface area contributed by atoms with Gasteiger partial charge in [0.2, 0.25) is 0 Å². The molecular formula is C24H26O. The lowest BCUT2D eigenvalue weighted by molar-refractivity contribution is 0.477. The van der Waals surface area contributed by atoms with Crippen molar-refractivity contribution >= 4 is 0 Å². The third kappa shape index (κ3) is 4.30. The minimum absolute atomic E-state index is 0.343. The summed E-state index contributed by atoms with van der Waals surface area (Å²) in [5.74, 6) is 0.714. The molecule has 0 radical (unpaired) electrons. The highest BCUT2D eigenvalue weighted by molar-refractivity contribution is 5.71. The average Bonchev–Trinajstić information content (AvgIpc) is 2.67. The minimum atomic E-state index is 0.343. The van der Waals surface area contributed by atoms with Gasteiger partial charge in [0.05, 0.1) is 0 Å². The van der Waals surface area contributed by atoms with E-state index in [9.17, 15) is 5.11 Å². The number of benzene rings is 3.